The van der Waals surface area contributed by atoms with Crippen LogP contribution >= 0.6 is 0 Å². The molecule has 2 aromatic heterocycles. The average Bonchev–Trinajstić information content (AvgIpc) is 3.65. The molecular weight excluding hydrogens is 592 g/mol. The van der Waals surface area contributed by atoms with Crippen LogP contribution in [-0.2, 0) is 25.7 Å². The second-order valence-corrected chi connectivity index (χ2v) is 10.9. The summed E-state index contributed by atoms with van der Waals surface area (Å²) in [6.07, 6.45) is 1.16. The summed E-state index contributed by atoms with van der Waals surface area (Å²) in [4.78, 5) is 59.1. The number of ether oxygens (including phenoxy) is 2. The van der Waals surface area contributed by atoms with Crippen molar-refractivity contribution in [2.24, 2.45) is 0 Å². The number of nitrogens with zero attached hydrogens (tertiary/aromatic N) is 2. The number of pyridine rings is 1. The number of nitrogens with one attached hydrogen (secondary N) is 4. The Balaban J connectivity index is 1.15. The Bertz CT molecular complexity index is 1660. The second-order valence-electron chi connectivity index (χ2n) is 10.9. The van der Waals surface area contributed by atoms with E-state index in [0.29, 0.717) is 35.2 Å². The van der Waals surface area contributed by atoms with Crippen molar-refractivity contribution in [1.29, 1.82) is 0 Å². The monoisotopic (exact) mass is 628 g/mol. The second kappa shape index (κ2) is 15.0. The van der Waals surface area contributed by atoms with Gasteiger partial charge < -0.3 is 40.4 Å². The number of aromatic nitrogens is 2. The maximum absolute atomic E-state index is 13.1. The average molecular weight is 629 g/mol. The van der Waals surface area contributed by atoms with Crippen LogP contribution in [0.5, 0.6) is 0 Å². The summed E-state index contributed by atoms with van der Waals surface area (Å²) in [5.41, 5.74) is 1.88. The molecule has 2 amide bonds. The van der Waals surface area contributed by atoms with E-state index in [1.807, 2.05) is 48.5 Å². The zero-order valence-corrected chi connectivity index (χ0v) is 25.3. The summed E-state index contributed by atoms with van der Waals surface area (Å²) < 4.78 is 11.4. The molecule has 0 bridgehead atoms. The van der Waals surface area contributed by atoms with Crippen LogP contribution in [0.2, 0.25) is 0 Å². The van der Waals surface area contributed by atoms with Gasteiger partial charge in [0.2, 0.25) is 5.91 Å². The Morgan fingerprint density at radius 2 is 1.80 bits per heavy atom. The minimum Gasteiger partial charge on any atom is -0.480 e. The number of carbonyl (C=O) groups is 4. The van der Waals surface area contributed by atoms with Crippen LogP contribution in [0.15, 0.2) is 79.0 Å². The summed E-state index contributed by atoms with van der Waals surface area (Å²) in [5, 5.41) is 19.1. The molecule has 46 heavy (non-hydrogen) atoms. The number of anilines is 2. The quantitative estimate of drug-likeness (QED) is 0.130. The Morgan fingerprint density at radius 3 is 2.54 bits per heavy atom. The number of Topliss-reactive ketones (excluding diaryl/α,β-unsaturated/α-hetero) is 1. The van der Waals surface area contributed by atoms with E-state index >= 15 is 0 Å². The highest BCUT2D eigenvalue weighted by atomic mass is 16.6. The molecule has 2 aromatic carbocycles. The number of aliphatic carboxylic acids is 1. The van der Waals surface area contributed by atoms with Crippen molar-refractivity contribution in [1.82, 2.24) is 20.2 Å². The van der Waals surface area contributed by atoms with Crippen molar-refractivity contribution in [2.75, 3.05) is 36.9 Å². The SMILES string of the molecule is CC(=O)c1c(NC(CNC(=O)COC2CC(CNc3ccccn3)N(C(=O)OCc3ccccc3)C2)C(=O)O)[nH]c2ccccc12. The van der Waals surface area contributed by atoms with Gasteiger partial charge in [-0.15, -0.1) is 0 Å². The van der Waals surface area contributed by atoms with Gasteiger partial charge in [-0.1, -0.05) is 54.6 Å². The van der Waals surface area contributed by atoms with Gasteiger partial charge in [-0.05, 0) is 37.1 Å². The largest absolute Gasteiger partial charge is 0.480 e. The molecule has 3 atom stereocenters. The molecular formula is C33H36N6O7. The van der Waals surface area contributed by atoms with Crippen molar-refractivity contribution in [2.45, 2.75) is 38.1 Å². The van der Waals surface area contributed by atoms with Crippen molar-refractivity contribution < 1.29 is 33.8 Å². The number of benzene rings is 2. The summed E-state index contributed by atoms with van der Waals surface area (Å²) in [5.74, 6) is -1.04. The lowest BCUT2D eigenvalue weighted by molar-refractivity contribution is -0.138. The molecule has 0 radical (unpaired) electrons. The number of carboxylic acids is 1. The fourth-order valence-electron chi connectivity index (χ4n) is 5.35. The van der Waals surface area contributed by atoms with E-state index < -0.39 is 30.1 Å². The number of hydrogen-bond acceptors (Lipinski definition) is 9. The van der Waals surface area contributed by atoms with E-state index in [4.69, 9.17) is 9.47 Å². The molecule has 3 unspecified atom stereocenters. The molecule has 0 aliphatic carbocycles. The number of carboxylic acid groups (broad SMARTS) is 1. The summed E-state index contributed by atoms with van der Waals surface area (Å²) >= 11 is 0. The minimum atomic E-state index is -1.22. The summed E-state index contributed by atoms with van der Waals surface area (Å²) in [6.45, 7) is 1.53. The van der Waals surface area contributed by atoms with Crippen molar-refractivity contribution >= 4 is 46.3 Å². The number of hydrogen-bond donors (Lipinski definition) is 5. The van der Waals surface area contributed by atoms with E-state index in [9.17, 15) is 24.3 Å². The van der Waals surface area contributed by atoms with Gasteiger partial charge in [0, 0.05) is 30.2 Å². The van der Waals surface area contributed by atoms with Gasteiger partial charge in [-0.25, -0.2) is 14.6 Å². The van der Waals surface area contributed by atoms with E-state index in [1.54, 1.807) is 35.4 Å². The zero-order chi connectivity index (χ0) is 32.5. The highest BCUT2D eigenvalue weighted by Crippen LogP contribution is 2.27. The third-order valence-corrected chi connectivity index (χ3v) is 7.63. The fraction of sp³-hybridized carbons (Fsp3) is 0.303. The molecule has 240 valence electrons. The van der Waals surface area contributed by atoms with Crippen molar-refractivity contribution in [3.8, 4) is 0 Å². The number of fused-ring (bicyclic) bond motifs is 1. The third-order valence-electron chi connectivity index (χ3n) is 7.63. The highest BCUT2D eigenvalue weighted by Gasteiger charge is 2.37. The standard InChI is InChI=1S/C33H36N6O7/c1-21(40)30-25-11-5-6-12-26(25)37-31(30)38-27(32(42)43)17-36-29(41)20-45-24-15-23(16-35-28-13-7-8-14-34-28)39(18-24)33(44)46-19-22-9-3-2-4-10-22/h2-14,23-24,27,37-38H,15-20H2,1H3,(H,34,35)(H,36,41)(H,42,43). The van der Waals surface area contributed by atoms with Crippen LogP contribution < -0.4 is 16.0 Å². The van der Waals surface area contributed by atoms with Crippen LogP contribution in [-0.4, -0.2) is 88.2 Å². The number of ketones is 1. The van der Waals surface area contributed by atoms with Crippen LogP contribution in [0, 0.1) is 0 Å². The predicted molar refractivity (Wildman–Crippen MR) is 171 cm³/mol. The molecule has 5 rings (SSSR count). The molecule has 4 aromatic rings. The van der Waals surface area contributed by atoms with E-state index in [2.05, 4.69) is 25.9 Å². The van der Waals surface area contributed by atoms with Gasteiger partial charge in [0.25, 0.3) is 0 Å². The first kappa shape index (κ1) is 32.0. The topological polar surface area (TPSA) is 175 Å². The number of para-hydroxylation sites is 1. The molecule has 13 nitrogen and oxygen atoms in total. The zero-order valence-electron chi connectivity index (χ0n) is 25.3. The number of carbonyl (C=O) groups excluding carboxylic acids is 3. The molecule has 3 heterocycles. The van der Waals surface area contributed by atoms with Gasteiger partial charge in [-0.3, -0.25) is 9.59 Å². The molecule has 1 fully saturated rings. The minimum absolute atomic E-state index is 0.121. The molecule has 0 spiro atoms. The third kappa shape index (κ3) is 8.18. The number of H-pyrrole nitrogens is 1. The van der Waals surface area contributed by atoms with Crippen LogP contribution in [0.25, 0.3) is 10.9 Å². The highest BCUT2D eigenvalue weighted by molar-refractivity contribution is 6.11. The van der Waals surface area contributed by atoms with Gasteiger partial charge in [0.1, 0.15) is 30.9 Å². The Hall–Kier alpha value is -5.43. The van der Waals surface area contributed by atoms with Crippen LogP contribution in [0.1, 0.15) is 29.3 Å². The molecule has 1 aliphatic heterocycles. The number of amides is 2. The van der Waals surface area contributed by atoms with Gasteiger partial charge >= 0.3 is 12.1 Å². The number of rotatable bonds is 14. The van der Waals surface area contributed by atoms with E-state index in [0.717, 1.165) is 5.56 Å². The summed E-state index contributed by atoms with van der Waals surface area (Å²) in [6, 6.07) is 20.5. The summed E-state index contributed by atoms with van der Waals surface area (Å²) in [7, 11) is 0. The van der Waals surface area contributed by atoms with Gasteiger partial charge in [-0.2, -0.15) is 0 Å². The van der Waals surface area contributed by atoms with Crippen LogP contribution in [0.3, 0.4) is 0 Å². The Morgan fingerprint density at radius 1 is 1.04 bits per heavy atom. The Labute approximate surface area is 265 Å². The first-order chi connectivity index (χ1) is 22.3. The van der Waals surface area contributed by atoms with E-state index in [-0.39, 0.29) is 43.9 Å². The normalized spacial score (nSPS) is 16.5. The number of aromatic amines is 1. The lowest BCUT2D eigenvalue weighted by Gasteiger charge is -2.24. The lowest BCUT2D eigenvalue weighted by atomic mass is 10.1. The molecule has 1 saturated heterocycles. The molecule has 1 aliphatic rings. The molecule has 0 saturated carbocycles. The predicted octanol–water partition coefficient (Wildman–Crippen LogP) is 3.66. The molecule has 13 heteroatoms. The smallest absolute Gasteiger partial charge is 0.410 e. The fourth-order valence-corrected chi connectivity index (χ4v) is 5.35. The van der Waals surface area contributed by atoms with Gasteiger partial charge in [0.15, 0.2) is 5.78 Å². The van der Waals surface area contributed by atoms with Crippen molar-refractivity contribution in [3.05, 3.63) is 90.1 Å². The van der Waals surface area contributed by atoms with Crippen molar-refractivity contribution in [3.63, 3.8) is 0 Å². The first-order valence-corrected chi connectivity index (χ1v) is 14.9. The number of likely N-dealkylation sites (tertiary alicyclic amines) is 1. The first-order valence-electron chi connectivity index (χ1n) is 14.9. The Kier molecular flexibility index (Phi) is 10.5. The lowest BCUT2D eigenvalue weighted by Crippen LogP contribution is -2.43. The maximum atomic E-state index is 13.1. The molecule has 5 N–H and O–H groups in total. The van der Waals surface area contributed by atoms with Gasteiger partial charge in [0.05, 0.1) is 24.3 Å². The van der Waals surface area contributed by atoms with Crippen LogP contribution in [0.4, 0.5) is 16.4 Å². The maximum Gasteiger partial charge on any atom is 0.410 e. The van der Waals surface area contributed by atoms with E-state index in [1.165, 1.54) is 6.92 Å².